The summed E-state index contributed by atoms with van der Waals surface area (Å²) in [6.07, 6.45) is 1.59. The maximum Gasteiger partial charge on any atom is 0.274 e. The lowest BCUT2D eigenvalue weighted by molar-refractivity contribution is -0.115. The highest BCUT2D eigenvalue weighted by Gasteiger charge is 2.20. The van der Waals surface area contributed by atoms with Crippen LogP contribution in [0.2, 0.25) is 0 Å². The van der Waals surface area contributed by atoms with Crippen LogP contribution in [-0.2, 0) is 4.79 Å². The number of nitrogens with zero attached hydrogens (tertiary/aromatic N) is 1. The maximum atomic E-state index is 11.5. The summed E-state index contributed by atoms with van der Waals surface area (Å²) in [4.78, 5) is 11.5. The molecule has 1 amide bonds. The molecule has 0 unspecified atom stereocenters. The van der Waals surface area contributed by atoms with E-state index in [4.69, 9.17) is 21.9 Å². The second-order valence-electron chi connectivity index (χ2n) is 4.36. The van der Waals surface area contributed by atoms with E-state index in [2.05, 4.69) is 16.7 Å². The van der Waals surface area contributed by atoms with E-state index in [1.165, 1.54) is 0 Å². The molecule has 2 N–H and O–H groups in total. The molecule has 0 saturated carbocycles. The molecule has 21 heavy (non-hydrogen) atoms. The first kappa shape index (κ1) is 13.1. The number of carbonyl (C=O) groups excluding carboxylic acids is 1. The summed E-state index contributed by atoms with van der Waals surface area (Å²) in [5.41, 5.74) is 1.80. The molecule has 6 heteroatoms. The molecule has 0 aliphatic carbocycles. The minimum absolute atomic E-state index is 0.281. The number of hydrogen-bond donors (Lipinski definition) is 2. The minimum Gasteiger partial charge on any atom is -0.457 e. The van der Waals surface area contributed by atoms with Crippen molar-refractivity contribution in [3.8, 4) is 17.4 Å². The molecule has 2 heterocycles. The van der Waals surface area contributed by atoms with Crippen LogP contribution in [0.15, 0.2) is 46.5 Å². The highest BCUT2D eigenvalue weighted by Crippen LogP contribution is 2.23. The van der Waals surface area contributed by atoms with Crippen molar-refractivity contribution in [1.82, 2.24) is 10.6 Å². The quantitative estimate of drug-likeness (QED) is 0.656. The number of rotatable bonds is 2. The SMILES string of the molecule is N#Cc1ccc(-c2ccc(C=C3NC(=S)NC3=O)o2)cc1. The average Bonchev–Trinajstić information content (AvgIpc) is 3.07. The molecule has 1 aliphatic heterocycles. The van der Waals surface area contributed by atoms with Crippen molar-refractivity contribution in [1.29, 1.82) is 5.26 Å². The van der Waals surface area contributed by atoms with Crippen molar-refractivity contribution in [2.24, 2.45) is 0 Å². The number of furan rings is 1. The molecule has 2 aromatic rings. The Morgan fingerprint density at radius 3 is 2.52 bits per heavy atom. The van der Waals surface area contributed by atoms with Crippen LogP contribution < -0.4 is 10.6 Å². The van der Waals surface area contributed by atoms with E-state index in [1.54, 1.807) is 30.3 Å². The standard InChI is InChI=1S/C15H9N3O2S/c16-8-9-1-3-10(4-2-9)13-6-5-11(20-13)7-12-14(19)18-15(21)17-12/h1-7H,(H2,17,18,19,21). The highest BCUT2D eigenvalue weighted by molar-refractivity contribution is 7.80. The molecule has 0 atom stereocenters. The lowest BCUT2D eigenvalue weighted by Gasteiger charge is -1.97. The number of carbonyl (C=O) groups is 1. The summed E-state index contributed by atoms with van der Waals surface area (Å²) >= 11 is 4.85. The van der Waals surface area contributed by atoms with Gasteiger partial charge in [0.05, 0.1) is 11.6 Å². The Bertz CT molecular complexity index is 797. The molecule has 1 aromatic carbocycles. The first-order valence-corrected chi connectivity index (χ1v) is 6.51. The van der Waals surface area contributed by atoms with Gasteiger partial charge in [-0.3, -0.25) is 10.1 Å². The van der Waals surface area contributed by atoms with Gasteiger partial charge in [-0.2, -0.15) is 5.26 Å². The monoisotopic (exact) mass is 295 g/mol. The van der Waals surface area contributed by atoms with Gasteiger partial charge in [-0.25, -0.2) is 0 Å². The van der Waals surface area contributed by atoms with Crippen LogP contribution in [0.5, 0.6) is 0 Å². The number of thiocarbonyl (C=S) groups is 1. The van der Waals surface area contributed by atoms with E-state index >= 15 is 0 Å². The Labute approximate surface area is 125 Å². The topological polar surface area (TPSA) is 78.1 Å². The van der Waals surface area contributed by atoms with E-state index in [9.17, 15) is 4.79 Å². The summed E-state index contributed by atoms with van der Waals surface area (Å²) in [7, 11) is 0. The van der Waals surface area contributed by atoms with Crippen LogP contribution in [-0.4, -0.2) is 11.0 Å². The number of amides is 1. The van der Waals surface area contributed by atoms with Crippen molar-refractivity contribution in [2.45, 2.75) is 0 Å². The van der Waals surface area contributed by atoms with Gasteiger partial charge in [0.25, 0.3) is 5.91 Å². The Hall–Kier alpha value is -2.91. The van der Waals surface area contributed by atoms with Gasteiger partial charge in [0.2, 0.25) is 0 Å². The van der Waals surface area contributed by atoms with Crippen molar-refractivity contribution in [2.75, 3.05) is 0 Å². The van der Waals surface area contributed by atoms with Gasteiger partial charge in [0, 0.05) is 11.6 Å². The van der Waals surface area contributed by atoms with Gasteiger partial charge in [-0.1, -0.05) is 0 Å². The van der Waals surface area contributed by atoms with Crippen LogP contribution in [0.1, 0.15) is 11.3 Å². The second kappa shape index (κ2) is 5.23. The van der Waals surface area contributed by atoms with Gasteiger partial charge < -0.3 is 9.73 Å². The Balaban J connectivity index is 1.86. The van der Waals surface area contributed by atoms with Crippen LogP contribution in [0.4, 0.5) is 0 Å². The number of benzene rings is 1. The van der Waals surface area contributed by atoms with Crippen molar-refractivity contribution in [3.63, 3.8) is 0 Å². The zero-order valence-corrected chi connectivity index (χ0v) is 11.5. The molecule has 0 spiro atoms. The normalized spacial score (nSPS) is 15.7. The van der Waals surface area contributed by atoms with E-state index in [-0.39, 0.29) is 11.0 Å². The molecule has 102 valence electrons. The van der Waals surface area contributed by atoms with E-state index in [0.717, 1.165) is 5.56 Å². The molecule has 1 aromatic heterocycles. The third kappa shape index (κ3) is 2.68. The zero-order chi connectivity index (χ0) is 14.8. The Kier molecular flexibility index (Phi) is 3.26. The molecule has 1 fully saturated rings. The smallest absolute Gasteiger partial charge is 0.274 e. The van der Waals surface area contributed by atoms with Crippen molar-refractivity contribution in [3.05, 3.63) is 53.4 Å². The predicted octanol–water partition coefficient (Wildman–Crippen LogP) is 2.16. The summed E-state index contributed by atoms with van der Waals surface area (Å²) in [5, 5.41) is 14.3. The van der Waals surface area contributed by atoms with Gasteiger partial charge in [0.15, 0.2) is 5.11 Å². The first-order valence-electron chi connectivity index (χ1n) is 6.10. The number of nitrogens with one attached hydrogen (secondary N) is 2. The molecule has 5 nitrogen and oxygen atoms in total. The maximum absolute atomic E-state index is 11.5. The van der Waals surface area contributed by atoms with Crippen LogP contribution in [0, 0.1) is 11.3 Å². The number of nitriles is 1. The minimum atomic E-state index is -0.281. The third-order valence-electron chi connectivity index (χ3n) is 2.93. The van der Waals surface area contributed by atoms with E-state index in [1.807, 2.05) is 12.1 Å². The van der Waals surface area contributed by atoms with Crippen LogP contribution in [0.3, 0.4) is 0 Å². The molecular weight excluding hydrogens is 286 g/mol. The first-order chi connectivity index (χ1) is 10.2. The highest BCUT2D eigenvalue weighted by atomic mass is 32.1. The molecule has 0 radical (unpaired) electrons. The van der Waals surface area contributed by atoms with E-state index in [0.29, 0.717) is 22.8 Å². The Morgan fingerprint density at radius 1 is 1.14 bits per heavy atom. The van der Waals surface area contributed by atoms with Gasteiger partial charge in [-0.15, -0.1) is 0 Å². The average molecular weight is 295 g/mol. The Morgan fingerprint density at radius 2 is 1.90 bits per heavy atom. The summed E-state index contributed by atoms with van der Waals surface area (Å²) in [6, 6.07) is 12.7. The van der Waals surface area contributed by atoms with Gasteiger partial charge >= 0.3 is 0 Å². The summed E-state index contributed by atoms with van der Waals surface area (Å²) in [5.74, 6) is 0.917. The van der Waals surface area contributed by atoms with E-state index < -0.39 is 0 Å². The van der Waals surface area contributed by atoms with Gasteiger partial charge in [-0.05, 0) is 48.6 Å². The van der Waals surface area contributed by atoms with Crippen LogP contribution >= 0.6 is 12.2 Å². The largest absolute Gasteiger partial charge is 0.457 e. The molecular formula is C15H9N3O2S. The summed E-state index contributed by atoms with van der Waals surface area (Å²) in [6.45, 7) is 0. The zero-order valence-electron chi connectivity index (χ0n) is 10.7. The molecule has 1 aliphatic rings. The second-order valence-corrected chi connectivity index (χ2v) is 4.77. The molecule has 1 saturated heterocycles. The lowest BCUT2D eigenvalue weighted by atomic mass is 10.1. The fourth-order valence-corrected chi connectivity index (χ4v) is 2.12. The van der Waals surface area contributed by atoms with Crippen molar-refractivity contribution < 1.29 is 9.21 Å². The lowest BCUT2D eigenvalue weighted by Crippen LogP contribution is -2.21. The van der Waals surface area contributed by atoms with Crippen molar-refractivity contribution >= 4 is 29.3 Å². The predicted molar refractivity (Wildman–Crippen MR) is 80.7 cm³/mol. The molecule has 0 bridgehead atoms. The fraction of sp³-hybridized carbons (Fsp3) is 0. The third-order valence-corrected chi connectivity index (χ3v) is 3.14. The van der Waals surface area contributed by atoms with Crippen LogP contribution in [0.25, 0.3) is 17.4 Å². The fourth-order valence-electron chi connectivity index (χ4n) is 1.92. The van der Waals surface area contributed by atoms with Gasteiger partial charge in [0.1, 0.15) is 17.2 Å². The summed E-state index contributed by atoms with van der Waals surface area (Å²) < 4.78 is 5.67. The molecule has 3 rings (SSSR count). The number of hydrogen-bond acceptors (Lipinski definition) is 4.